The van der Waals surface area contributed by atoms with E-state index in [0.717, 1.165) is 24.1 Å². The van der Waals surface area contributed by atoms with Crippen LogP contribution in [0.5, 0.6) is 0 Å². The number of hydrogen-bond donors (Lipinski definition) is 1. The van der Waals surface area contributed by atoms with Gasteiger partial charge in [0.25, 0.3) is 0 Å². The van der Waals surface area contributed by atoms with Gasteiger partial charge in [0, 0.05) is 24.3 Å². The molecular weight excluding hydrogens is 190 g/mol. The minimum absolute atomic E-state index is 0.0972. The lowest BCUT2D eigenvalue weighted by Crippen LogP contribution is -2.27. The van der Waals surface area contributed by atoms with E-state index in [0.29, 0.717) is 12.1 Å². The third kappa shape index (κ3) is 2.80. The Balaban J connectivity index is 3.04. The zero-order chi connectivity index (χ0) is 11.3. The zero-order valence-electron chi connectivity index (χ0n) is 9.23. The third-order valence-corrected chi connectivity index (χ3v) is 2.40. The Hall–Kier alpha value is -1.35. The lowest BCUT2D eigenvalue weighted by molar-refractivity contribution is 0.112. The summed E-state index contributed by atoms with van der Waals surface area (Å²) in [5.74, 6) is 0. The predicted molar refractivity (Wildman–Crippen MR) is 61.5 cm³/mol. The van der Waals surface area contributed by atoms with Crippen LogP contribution in [0.2, 0.25) is 0 Å². The first-order valence-corrected chi connectivity index (χ1v) is 5.14. The fourth-order valence-corrected chi connectivity index (χ4v) is 1.63. The van der Waals surface area contributed by atoms with Gasteiger partial charge in [0.2, 0.25) is 0 Å². The maximum atomic E-state index is 10.9. The Labute approximate surface area is 90.3 Å². The average Bonchev–Trinajstić information content (AvgIpc) is 2.26. The van der Waals surface area contributed by atoms with Crippen molar-refractivity contribution in [1.82, 2.24) is 0 Å². The molecule has 0 aliphatic rings. The normalized spacial score (nSPS) is 10.1. The van der Waals surface area contributed by atoms with Crippen molar-refractivity contribution in [2.24, 2.45) is 0 Å². The Morgan fingerprint density at radius 2 is 2.20 bits per heavy atom. The highest BCUT2D eigenvalue weighted by Crippen LogP contribution is 2.20. The van der Waals surface area contributed by atoms with E-state index >= 15 is 0 Å². The summed E-state index contributed by atoms with van der Waals surface area (Å²) in [7, 11) is 0. The maximum Gasteiger partial charge on any atom is 0.152 e. The van der Waals surface area contributed by atoms with Gasteiger partial charge in [0.15, 0.2) is 6.29 Å². The lowest BCUT2D eigenvalue weighted by atomic mass is 10.1. The molecule has 0 saturated carbocycles. The van der Waals surface area contributed by atoms with Gasteiger partial charge in [0.05, 0.1) is 6.61 Å². The Morgan fingerprint density at radius 3 is 2.73 bits per heavy atom. The van der Waals surface area contributed by atoms with Crippen molar-refractivity contribution in [2.75, 3.05) is 24.6 Å². The number of hydrogen-bond acceptors (Lipinski definition) is 3. The predicted octanol–water partition coefficient (Wildman–Crippen LogP) is 1.63. The Kier molecular flexibility index (Phi) is 4.31. The largest absolute Gasteiger partial charge is 0.395 e. The highest BCUT2D eigenvalue weighted by molar-refractivity contribution is 5.85. The van der Waals surface area contributed by atoms with Gasteiger partial charge in [-0.1, -0.05) is 11.6 Å². The van der Waals surface area contributed by atoms with Gasteiger partial charge in [-0.3, -0.25) is 4.79 Å². The standard InChI is InChI=1S/C12H17NO2/c1-3-13(6-7-14)12-5-4-10(2)8-11(12)9-15/h4-5,8-9,14H,3,6-7H2,1-2H3. The van der Waals surface area contributed by atoms with Gasteiger partial charge in [-0.2, -0.15) is 0 Å². The van der Waals surface area contributed by atoms with Crippen LogP contribution in [0.15, 0.2) is 18.2 Å². The molecule has 0 saturated heterocycles. The first-order chi connectivity index (χ1) is 7.22. The molecular formula is C12H17NO2. The second-order valence-electron chi connectivity index (χ2n) is 3.48. The summed E-state index contributed by atoms with van der Waals surface area (Å²) in [4.78, 5) is 12.9. The number of nitrogens with zero attached hydrogens (tertiary/aromatic N) is 1. The number of rotatable bonds is 5. The van der Waals surface area contributed by atoms with Crippen molar-refractivity contribution < 1.29 is 9.90 Å². The van der Waals surface area contributed by atoms with E-state index in [-0.39, 0.29) is 6.61 Å². The number of aliphatic hydroxyl groups excluding tert-OH is 1. The quantitative estimate of drug-likeness (QED) is 0.746. The molecule has 1 rings (SSSR count). The van der Waals surface area contributed by atoms with Crippen molar-refractivity contribution in [3.05, 3.63) is 29.3 Å². The smallest absolute Gasteiger partial charge is 0.152 e. The molecule has 0 heterocycles. The fourth-order valence-electron chi connectivity index (χ4n) is 1.63. The summed E-state index contributed by atoms with van der Waals surface area (Å²) < 4.78 is 0. The molecule has 0 aliphatic carbocycles. The second kappa shape index (κ2) is 5.51. The molecule has 3 heteroatoms. The summed E-state index contributed by atoms with van der Waals surface area (Å²) in [5.41, 5.74) is 2.65. The highest BCUT2D eigenvalue weighted by atomic mass is 16.3. The summed E-state index contributed by atoms with van der Waals surface area (Å²) in [5, 5.41) is 8.92. The molecule has 82 valence electrons. The van der Waals surface area contributed by atoms with Gasteiger partial charge >= 0.3 is 0 Å². The molecule has 0 spiro atoms. The minimum atomic E-state index is 0.0972. The van der Waals surface area contributed by atoms with E-state index in [1.165, 1.54) is 0 Å². The summed E-state index contributed by atoms with van der Waals surface area (Å²) >= 11 is 0. The van der Waals surface area contributed by atoms with Crippen molar-refractivity contribution in [1.29, 1.82) is 0 Å². The van der Waals surface area contributed by atoms with E-state index in [9.17, 15) is 4.79 Å². The molecule has 0 unspecified atom stereocenters. The number of carbonyl (C=O) groups is 1. The molecule has 0 radical (unpaired) electrons. The number of likely N-dealkylation sites (N-methyl/N-ethyl adjacent to an activating group) is 1. The van der Waals surface area contributed by atoms with Crippen LogP contribution in [0.3, 0.4) is 0 Å². The van der Waals surface area contributed by atoms with Crippen molar-refractivity contribution in [3.63, 3.8) is 0 Å². The molecule has 1 N–H and O–H groups in total. The molecule has 1 aromatic rings. The monoisotopic (exact) mass is 207 g/mol. The lowest BCUT2D eigenvalue weighted by Gasteiger charge is -2.23. The number of carbonyl (C=O) groups excluding carboxylic acids is 1. The van der Waals surface area contributed by atoms with Gasteiger partial charge in [-0.05, 0) is 26.0 Å². The molecule has 0 aliphatic heterocycles. The zero-order valence-corrected chi connectivity index (χ0v) is 9.23. The number of benzene rings is 1. The third-order valence-electron chi connectivity index (χ3n) is 2.40. The summed E-state index contributed by atoms with van der Waals surface area (Å²) in [6, 6.07) is 5.77. The number of aryl methyl sites for hydroxylation is 1. The van der Waals surface area contributed by atoms with E-state index in [1.807, 2.05) is 36.9 Å². The van der Waals surface area contributed by atoms with Crippen LogP contribution in [0, 0.1) is 6.92 Å². The van der Waals surface area contributed by atoms with Gasteiger partial charge in [-0.25, -0.2) is 0 Å². The van der Waals surface area contributed by atoms with Crippen LogP contribution in [0.25, 0.3) is 0 Å². The fraction of sp³-hybridized carbons (Fsp3) is 0.417. The van der Waals surface area contributed by atoms with Crippen LogP contribution in [0.1, 0.15) is 22.8 Å². The van der Waals surface area contributed by atoms with Gasteiger partial charge in [-0.15, -0.1) is 0 Å². The van der Waals surface area contributed by atoms with Crippen LogP contribution >= 0.6 is 0 Å². The molecule has 0 bridgehead atoms. The number of aldehydes is 1. The van der Waals surface area contributed by atoms with Gasteiger partial charge < -0.3 is 10.0 Å². The van der Waals surface area contributed by atoms with E-state index in [2.05, 4.69) is 0 Å². The van der Waals surface area contributed by atoms with E-state index in [4.69, 9.17) is 5.11 Å². The summed E-state index contributed by atoms with van der Waals surface area (Å²) in [6.07, 6.45) is 0.863. The first-order valence-electron chi connectivity index (χ1n) is 5.14. The molecule has 15 heavy (non-hydrogen) atoms. The van der Waals surface area contributed by atoms with Crippen molar-refractivity contribution in [2.45, 2.75) is 13.8 Å². The van der Waals surface area contributed by atoms with E-state index < -0.39 is 0 Å². The number of aliphatic hydroxyl groups is 1. The maximum absolute atomic E-state index is 10.9. The van der Waals surface area contributed by atoms with Crippen LogP contribution < -0.4 is 4.90 Å². The highest BCUT2D eigenvalue weighted by Gasteiger charge is 2.08. The Morgan fingerprint density at radius 1 is 1.47 bits per heavy atom. The Bertz CT molecular complexity index is 336. The van der Waals surface area contributed by atoms with Crippen LogP contribution in [-0.2, 0) is 0 Å². The molecule has 0 aromatic heterocycles. The topological polar surface area (TPSA) is 40.5 Å². The molecule has 1 aromatic carbocycles. The molecule has 0 fully saturated rings. The number of anilines is 1. The SMILES string of the molecule is CCN(CCO)c1ccc(C)cc1C=O. The molecule has 0 atom stereocenters. The molecule has 0 amide bonds. The van der Waals surface area contributed by atoms with Crippen molar-refractivity contribution in [3.8, 4) is 0 Å². The van der Waals surface area contributed by atoms with E-state index in [1.54, 1.807) is 0 Å². The average molecular weight is 207 g/mol. The van der Waals surface area contributed by atoms with Crippen LogP contribution in [-0.4, -0.2) is 31.1 Å². The first kappa shape index (κ1) is 11.7. The van der Waals surface area contributed by atoms with Gasteiger partial charge in [0.1, 0.15) is 0 Å². The second-order valence-corrected chi connectivity index (χ2v) is 3.48. The van der Waals surface area contributed by atoms with Crippen LogP contribution in [0.4, 0.5) is 5.69 Å². The molecule has 3 nitrogen and oxygen atoms in total. The van der Waals surface area contributed by atoms with Crippen molar-refractivity contribution >= 4 is 12.0 Å². The minimum Gasteiger partial charge on any atom is -0.395 e. The summed E-state index contributed by atoms with van der Waals surface area (Å²) in [6.45, 7) is 5.40.